The minimum absolute atomic E-state index is 0. The van der Waals surface area contributed by atoms with Crippen LogP contribution in [0.15, 0.2) is 23.3 Å². The Morgan fingerprint density at radius 2 is 1.52 bits per heavy atom. The van der Waals surface area contributed by atoms with Crippen molar-refractivity contribution < 1.29 is 0 Å². The van der Waals surface area contributed by atoms with Crippen LogP contribution >= 0.6 is 24.8 Å². The summed E-state index contributed by atoms with van der Waals surface area (Å²) in [4.78, 5) is 0. The average Bonchev–Trinajstić information content (AvgIpc) is 3.10. The van der Waals surface area contributed by atoms with Crippen LogP contribution in [-0.2, 0) is 0 Å². The van der Waals surface area contributed by atoms with Gasteiger partial charge in [0.15, 0.2) is 0 Å². The molecular weight excluding hydrogens is 375 g/mol. The molecule has 0 aromatic carbocycles. The first-order valence-electron chi connectivity index (χ1n) is 10.9. The average molecular weight is 413 g/mol. The zero-order valence-corrected chi connectivity index (χ0v) is 18.8. The van der Waals surface area contributed by atoms with Crippen molar-refractivity contribution in [1.82, 2.24) is 10.6 Å². The van der Waals surface area contributed by atoms with Crippen molar-refractivity contribution in [2.75, 3.05) is 19.6 Å². The monoisotopic (exact) mass is 412 g/mol. The van der Waals surface area contributed by atoms with E-state index in [4.69, 9.17) is 0 Å². The van der Waals surface area contributed by atoms with E-state index in [2.05, 4.69) is 43.6 Å². The summed E-state index contributed by atoms with van der Waals surface area (Å²) in [5, 5.41) is 7.62. The van der Waals surface area contributed by atoms with Crippen LogP contribution in [0.25, 0.3) is 0 Å². The molecule has 5 aliphatic carbocycles. The van der Waals surface area contributed by atoms with E-state index >= 15 is 0 Å². The summed E-state index contributed by atoms with van der Waals surface area (Å²) in [6, 6.07) is 0.894. The molecule has 2 bridgehead atoms. The number of allylic oxidation sites excluding steroid dienone is 3. The summed E-state index contributed by atoms with van der Waals surface area (Å²) in [5.41, 5.74) is 2.95. The highest BCUT2D eigenvalue weighted by atomic mass is 35.5. The Kier molecular flexibility index (Phi) is 6.73. The number of fused-ring (bicyclic) bond motifs is 2. The van der Waals surface area contributed by atoms with Gasteiger partial charge in [0.05, 0.1) is 0 Å². The molecule has 154 valence electrons. The highest BCUT2D eigenvalue weighted by Crippen LogP contribution is 2.82. The van der Waals surface area contributed by atoms with E-state index in [0.717, 1.165) is 61.2 Å². The van der Waals surface area contributed by atoms with Gasteiger partial charge in [0.25, 0.3) is 0 Å². The second-order valence-corrected chi connectivity index (χ2v) is 9.99. The maximum Gasteiger partial charge on any atom is 0.0137 e. The van der Waals surface area contributed by atoms with Crippen molar-refractivity contribution in [3.05, 3.63) is 23.3 Å². The van der Waals surface area contributed by atoms with E-state index < -0.39 is 0 Å². The van der Waals surface area contributed by atoms with Crippen LogP contribution in [0.2, 0.25) is 0 Å². The molecule has 5 aliphatic rings. The van der Waals surface area contributed by atoms with Gasteiger partial charge in [-0.3, -0.25) is 0 Å². The number of nitrogens with one attached hydrogen (secondary N) is 2. The fourth-order valence-electron chi connectivity index (χ4n) is 8.11. The molecule has 5 saturated carbocycles. The Morgan fingerprint density at radius 3 is 2.26 bits per heavy atom. The lowest BCUT2D eigenvalue weighted by Crippen LogP contribution is -2.52. The van der Waals surface area contributed by atoms with Gasteiger partial charge in [0.1, 0.15) is 0 Å². The SMILES string of the molecule is CC(C)=CCC/C(C)=C/CNCCN[C@@H]1C2C3CC4C5C3CC2C5C41.Cl.Cl. The van der Waals surface area contributed by atoms with Gasteiger partial charge in [-0.1, -0.05) is 23.3 Å². The zero-order valence-electron chi connectivity index (χ0n) is 17.1. The van der Waals surface area contributed by atoms with Gasteiger partial charge in [0.2, 0.25) is 0 Å². The third-order valence-electron chi connectivity index (χ3n) is 8.69. The summed E-state index contributed by atoms with van der Waals surface area (Å²) in [5.74, 6) is 9.10. The zero-order chi connectivity index (χ0) is 17.1. The highest BCUT2D eigenvalue weighted by Gasteiger charge is 2.80. The van der Waals surface area contributed by atoms with E-state index in [9.17, 15) is 0 Å². The molecule has 27 heavy (non-hydrogen) atoms. The normalized spacial score (nSPS) is 44.1. The van der Waals surface area contributed by atoms with Crippen LogP contribution in [0.1, 0.15) is 46.5 Å². The second kappa shape index (κ2) is 8.38. The molecule has 5 fully saturated rings. The highest BCUT2D eigenvalue weighted by molar-refractivity contribution is 5.85. The van der Waals surface area contributed by atoms with Gasteiger partial charge >= 0.3 is 0 Å². The first-order chi connectivity index (χ1) is 12.2. The number of halogens is 2. The first kappa shape index (κ1) is 21.7. The van der Waals surface area contributed by atoms with Crippen molar-refractivity contribution in [2.45, 2.75) is 52.5 Å². The molecule has 0 saturated heterocycles. The Hall–Kier alpha value is -0.0200. The standard InChI is InChI=1S/C23H36N2.2ClH/c1-13(2)5-4-6-14(3)7-8-24-9-10-25-23-20-16-12-17-19-15(16)11-18(20)21(19)22(17)23;;/h5,7,15-25H,4,6,8-12H2,1-3H3;2*1H/b14-7+;;/t15?,16?,17?,18?,19?,20?,21?,22?,23-;;/m1../s1. The van der Waals surface area contributed by atoms with Crippen LogP contribution in [0.5, 0.6) is 0 Å². The minimum Gasteiger partial charge on any atom is -0.312 e. The largest absolute Gasteiger partial charge is 0.312 e. The fourth-order valence-corrected chi connectivity index (χ4v) is 8.11. The quantitative estimate of drug-likeness (QED) is 0.417. The summed E-state index contributed by atoms with van der Waals surface area (Å²) >= 11 is 0. The summed E-state index contributed by atoms with van der Waals surface area (Å²) in [6.45, 7) is 9.94. The molecule has 0 aliphatic heterocycles. The lowest BCUT2D eigenvalue weighted by molar-refractivity contribution is 0.00991. The first-order valence-corrected chi connectivity index (χ1v) is 10.9. The Balaban J connectivity index is 0.00000105. The van der Waals surface area contributed by atoms with Crippen LogP contribution in [0, 0.1) is 47.3 Å². The molecule has 0 heterocycles. The van der Waals surface area contributed by atoms with Gasteiger partial charge in [-0.15, -0.1) is 24.8 Å². The van der Waals surface area contributed by atoms with E-state index in [0.29, 0.717) is 0 Å². The minimum atomic E-state index is 0. The van der Waals surface area contributed by atoms with Gasteiger partial charge in [-0.25, -0.2) is 0 Å². The second-order valence-electron chi connectivity index (χ2n) is 9.99. The molecule has 5 rings (SSSR count). The number of hydrogen-bond donors (Lipinski definition) is 2. The molecule has 0 spiro atoms. The van der Waals surface area contributed by atoms with E-state index in [1.165, 1.54) is 35.8 Å². The van der Waals surface area contributed by atoms with Gasteiger partial charge < -0.3 is 10.6 Å². The topological polar surface area (TPSA) is 24.1 Å². The van der Waals surface area contributed by atoms with E-state index in [-0.39, 0.29) is 24.8 Å². The third-order valence-corrected chi connectivity index (χ3v) is 8.69. The maximum atomic E-state index is 4.00. The molecule has 2 N–H and O–H groups in total. The van der Waals surface area contributed by atoms with Crippen LogP contribution in [0.4, 0.5) is 0 Å². The van der Waals surface area contributed by atoms with Crippen molar-refractivity contribution in [2.24, 2.45) is 47.3 Å². The van der Waals surface area contributed by atoms with Gasteiger partial charge in [-0.05, 0) is 93.8 Å². The summed E-state index contributed by atoms with van der Waals surface area (Å²) in [7, 11) is 0. The lowest BCUT2D eigenvalue weighted by Gasteiger charge is -2.48. The molecule has 8 unspecified atom stereocenters. The lowest BCUT2D eigenvalue weighted by atomic mass is 9.59. The molecule has 0 aromatic rings. The fraction of sp³-hybridized carbons (Fsp3) is 0.826. The number of hydrogen-bond acceptors (Lipinski definition) is 2. The summed E-state index contributed by atoms with van der Waals surface area (Å²) < 4.78 is 0. The van der Waals surface area contributed by atoms with Crippen molar-refractivity contribution in [1.29, 1.82) is 0 Å². The number of rotatable bonds is 9. The Labute approximate surface area is 178 Å². The van der Waals surface area contributed by atoms with Gasteiger partial charge in [0, 0.05) is 25.7 Å². The molecule has 0 aromatic heterocycles. The Bertz CT molecular complexity index is 591. The predicted octanol–water partition coefficient (Wildman–Crippen LogP) is 4.85. The molecule has 0 radical (unpaired) electrons. The Morgan fingerprint density at radius 1 is 0.815 bits per heavy atom. The van der Waals surface area contributed by atoms with Crippen LogP contribution < -0.4 is 10.6 Å². The molecular formula is C23H38Cl2N2. The van der Waals surface area contributed by atoms with E-state index in [1.54, 1.807) is 12.8 Å². The molecule has 4 heteroatoms. The van der Waals surface area contributed by atoms with Crippen molar-refractivity contribution in [3.8, 4) is 0 Å². The smallest absolute Gasteiger partial charge is 0.0137 e. The van der Waals surface area contributed by atoms with E-state index in [1.807, 2.05) is 0 Å². The van der Waals surface area contributed by atoms with Crippen molar-refractivity contribution in [3.63, 3.8) is 0 Å². The van der Waals surface area contributed by atoms with Crippen molar-refractivity contribution >= 4 is 24.8 Å². The van der Waals surface area contributed by atoms with Gasteiger partial charge in [-0.2, -0.15) is 0 Å². The van der Waals surface area contributed by atoms with Crippen LogP contribution in [-0.4, -0.2) is 25.7 Å². The molecule has 9 atom stereocenters. The summed E-state index contributed by atoms with van der Waals surface area (Å²) in [6.07, 6.45) is 10.3. The molecule has 0 amide bonds. The third kappa shape index (κ3) is 3.33. The van der Waals surface area contributed by atoms with Crippen LogP contribution in [0.3, 0.4) is 0 Å². The molecule has 2 nitrogen and oxygen atoms in total. The maximum absolute atomic E-state index is 4.00. The predicted molar refractivity (Wildman–Crippen MR) is 119 cm³/mol.